The zero-order chi connectivity index (χ0) is 15.4. The van der Waals surface area contributed by atoms with E-state index in [-0.39, 0.29) is 18.0 Å². The smallest absolute Gasteiger partial charge is 0.307 e. The Morgan fingerprint density at radius 2 is 2.10 bits per heavy atom. The molecule has 112 valence electrons. The Bertz CT molecular complexity index is 642. The second-order valence-electron chi connectivity index (χ2n) is 4.44. The van der Waals surface area contributed by atoms with Crippen molar-refractivity contribution in [1.82, 2.24) is 0 Å². The third kappa shape index (κ3) is 3.86. The minimum atomic E-state index is -0.514. The molecule has 2 rings (SSSR count). The average molecular weight is 311 g/mol. The lowest BCUT2D eigenvalue weighted by Gasteiger charge is -2.08. The molecule has 21 heavy (non-hydrogen) atoms. The first-order valence-electron chi connectivity index (χ1n) is 6.47. The Hall–Kier alpha value is -1.79. The topological polar surface area (TPSA) is 52.3 Å². The van der Waals surface area contributed by atoms with Crippen LogP contribution in [-0.2, 0) is 9.53 Å². The first kappa shape index (κ1) is 15.6. The molecule has 0 spiro atoms. The van der Waals surface area contributed by atoms with Gasteiger partial charge in [-0.1, -0.05) is 0 Å². The highest BCUT2D eigenvalue weighted by Gasteiger charge is 2.16. The normalized spacial score (nSPS) is 12.2. The number of nitrogens with two attached hydrogens (primary N) is 1. The fourth-order valence-corrected chi connectivity index (χ4v) is 2.91. The number of carbonyl (C=O) groups is 1. The molecule has 0 amide bonds. The molecule has 0 aliphatic heterocycles. The van der Waals surface area contributed by atoms with Crippen LogP contribution >= 0.6 is 11.3 Å². The lowest BCUT2D eigenvalue weighted by Crippen LogP contribution is -2.16. The third-order valence-electron chi connectivity index (χ3n) is 2.88. The number of benzene rings is 1. The molecule has 0 aliphatic rings. The maximum atomic E-state index is 13.7. The van der Waals surface area contributed by atoms with Gasteiger partial charge in [-0.3, -0.25) is 4.79 Å². The molecule has 1 unspecified atom stereocenters. The van der Waals surface area contributed by atoms with Crippen LogP contribution < -0.4 is 5.73 Å². The number of hydrogen-bond acceptors (Lipinski definition) is 4. The Labute approximate surface area is 125 Å². The van der Waals surface area contributed by atoms with Crippen molar-refractivity contribution in [2.24, 2.45) is 5.73 Å². The summed E-state index contributed by atoms with van der Waals surface area (Å²) in [6.07, 6.45) is 0.0550. The minimum absolute atomic E-state index is 0.0550. The summed E-state index contributed by atoms with van der Waals surface area (Å²) in [4.78, 5) is 12.7. The van der Waals surface area contributed by atoms with Crippen molar-refractivity contribution >= 4 is 17.3 Å². The molecule has 2 N–H and O–H groups in total. The molecule has 1 aromatic heterocycles. The summed E-state index contributed by atoms with van der Waals surface area (Å²) in [5.74, 6) is -1.38. The predicted molar refractivity (Wildman–Crippen MR) is 77.8 cm³/mol. The molecule has 1 heterocycles. The number of rotatable bonds is 5. The Morgan fingerprint density at radius 1 is 1.33 bits per heavy atom. The average Bonchev–Trinajstić information content (AvgIpc) is 2.91. The third-order valence-corrected chi connectivity index (χ3v) is 4.13. The fourth-order valence-electron chi connectivity index (χ4n) is 1.88. The van der Waals surface area contributed by atoms with E-state index >= 15 is 0 Å². The van der Waals surface area contributed by atoms with E-state index in [4.69, 9.17) is 10.5 Å². The van der Waals surface area contributed by atoms with Crippen LogP contribution in [0.25, 0.3) is 10.4 Å². The van der Waals surface area contributed by atoms with Gasteiger partial charge in [0.2, 0.25) is 0 Å². The molecule has 2 aromatic rings. The highest BCUT2D eigenvalue weighted by atomic mass is 32.1. The summed E-state index contributed by atoms with van der Waals surface area (Å²) in [5, 5.41) is 0. The van der Waals surface area contributed by atoms with Gasteiger partial charge in [-0.15, -0.1) is 11.3 Å². The van der Waals surface area contributed by atoms with Gasteiger partial charge < -0.3 is 10.5 Å². The molecule has 0 aliphatic carbocycles. The van der Waals surface area contributed by atoms with Gasteiger partial charge in [0.05, 0.1) is 13.0 Å². The second-order valence-corrected chi connectivity index (χ2v) is 5.56. The maximum Gasteiger partial charge on any atom is 0.307 e. The van der Waals surface area contributed by atoms with Crippen molar-refractivity contribution in [3.63, 3.8) is 0 Å². The van der Waals surface area contributed by atoms with Crippen molar-refractivity contribution in [3.8, 4) is 10.4 Å². The van der Waals surface area contributed by atoms with Crippen LogP contribution in [0.2, 0.25) is 0 Å². The highest BCUT2D eigenvalue weighted by molar-refractivity contribution is 7.15. The molecule has 0 fully saturated rings. The van der Waals surface area contributed by atoms with Crippen molar-refractivity contribution < 1.29 is 18.3 Å². The quantitative estimate of drug-likeness (QED) is 0.858. The van der Waals surface area contributed by atoms with E-state index in [1.54, 1.807) is 19.1 Å². The Balaban J connectivity index is 2.17. The van der Waals surface area contributed by atoms with E-state index in [1.807, 2.05) is 0 Å². The van der Waals surface area contributed by atoms with Gasteiger partial charge in [-0.2, -0.15) is 0 Å². The standard InChI is InChI=1S/C15H15F2NO2S/c1-2-20-15(19)8-12(18)14-6-5-13(21-14)10-7-9(16)3-4-11(10)17/h3-7,12H,2,8,18H2,1H3. The van der Waals surface area contributed by atoms with Crippen LogP contribution in [0.1, 0.15) is 24.3 Å². The molecule has 0 saturated heterocycles. The van der Waals surface area contributed by atoms with E-state index in [0.29, 0.717) is 11.5 Å². The van der Waals surface area contributed by atoms with Crippen molar-refractivity contribution in [1.29, 1.82) is 0 Å². The van der Waals surface area contributed by atoms with Crippen LogP contribution in [0, 0.1) is 11.6 Å². The summed E-state index contributed by atoms with van der Waals surface area (Å²) < 4.78 is 31.8. The zero-order valence-corrected chi connectivity index (χ0v) is 12.3. The van der Waals surface area contributed by atoms with Gasteiger partial charge in [0.25, 0.3) is 0 Å². The summed E-state index contributed by atoms with van der Waals surface area (Å²) in [5.41, 5.74) is 6.12. The summed E-state index contributed by atoms with van der Waals surface area (Å²) in [7, 11) is 0. The number of esters is 1. The van der Waals surface area contributed by atoms with E-state index in [2.05, 4.69) is 0 Å². The number of carbonyl (C=O) groups excluding carboxylic acids is 1. The van der Waals surface area contributed by atoms with Gasteiger partial charge in [-0.25, -0.2) is 8.78 Å². The highest BCUT2D eigenvalue weighted by Crippen LogP contribution is 2.33. The summed E-state index contributed by atoms with van der Waals surface area (Å²) >= 11 is 1.24. The lowest BCUT2D eigenvalue weighted by molar-refractivity contribution is -0.143. The van der Waals surface area contributed by atoms with Crippen LogP contribution in [0.15, 0.2) is 30.3 Å². The molecule has 1 aromatic carbocycles. The molecule has 3 nitrogen and oxygen atoms in total. The van der Waals surface area contributed by atoms with Gasteiger partial charge in [0, 0.05) is 21.4 Å². The van der Waals surface area contributed by atoms with Crippen LogP contribution in [0.4, 0.5) is 8.78 Å². The molecule has 0 radical (unpaired) electrons. The Kier molecular flexibility index (Phi) is 5.03. The van der Waals surface area contributed by atoms with Crippen molar-refractivity contribution in [2.75, 3.05) is 6.61 Å². The van der Waals surface area contributed by atoms with Gasteiger partial charge >= 0.3 is 5.97 Å². The maximum absolute atomic E-state index is 13.7. The fraction of sp³-hybridized carbons (Fsp3) is 0.267. The molecular formula is C15H15F2NO2S. The molecule has 1 atom stereocenters. The van der Waals surface area contributed by atoms with Gasteiger partial charge in [-0.05, 0) is 37.3 Å². The summed E-state index contributed by atoms with van der Waals surface area (Å²) in [6.45, 7) is 2.02. The monoisotopic (exact) mass is 311 g/mol. The van der Waals surface area contributed by atoms with Crippen molar-refractivity contribution in [3.05, 3.63) is 46.8 Å². The second kappa shape index (κ2) is 6.78. The molecule has 0 bridgehead atoms. The van der Waals surface area contributed by atoms with Crippen LogP contribution in [0.3, 0.4) is 0 Å². The number of thiophene rings is 1. The van der Waals surface area contributed by atoms with Crippen LogP contribution in [-0.4, -0.2) is 12.6 Å². The summed E-state index contributed by atoms with van der Waals surface area (Å²) in [6, 6.07) is 6.17. The minimum Gasteiger partial charge on any atom is -0.466 e. The Morgan fingerprint density at radius 3 is 2.81 bits per heavy atom. The molecule has 6 heteroatoms. The van der Waals surface area contributed by atoms with E-state index < -0.39 is 17.7 Å². The van der Waals surface area contributed by atoms with Crippen LogP contribution in [0.5, 0.6) is 0 Å². The number of halogens is 2. The number of ether oxygens (including phenoxy) is 1. The van der Waals surface area contributed by atoms with E-state index in [0.717, 1.165) is 23.1 Å². The van der Waals surface area contributed by atoms with Gasteiger partial charge in [0.1, 0.15) is 11.6 Å². The predicted octanol–water partition coefficient (Wildman–Crippen LogP) is 3.65. The zero-order valence-electron chi connectivity index (χ0n) is 11.4. The van der Waals surface area contributed by atoms with Gasteiger partial charge in [0.15, 0.2) is 0 Å². The lowest BCUT2D eigenvalue weighted by atomic mass is 10.1. The molecule has 0 saturated carbocycles. The largest absolute Gasteiger partial charge is 0.466 e. The van der Waals surface area contributed by atoms with Crippen molar-refractivity contribution in [2.45, 2.75) is 19.4 Å². The van der Waals surface area contributed by atoms with E-state index in [9.17, 15) is 13.6 Å². The molecular weight excluding hydrogens is 296 g/mol. The van der Waals surface area contributed by atoms with E-state index in [1.165, 1.54) is 11.3 Å². The first-order chi connectivity index (χ1) is 10.0. The SMILES string of the molecule is CCOC(=O)CC(N)c1ccc(-c2cc(F)ccc2F)s1. The number of hydrogen-bond donors (Lipinski definition) is 1. The first-order valence-corrected chi connectivity index (χ1v) is 7.29.